The number of aryl methyl sites for hydroxylation is 1. The van der Waals surface area contributed by atoms with Crippen LogP contribution in [0.2, 0.25) is 10.0 Å². The van der Waals surface area contributed by atoms with Crippen LogP contribution in [-0.4, -0.2) is 10.8 Å². The summed E-state index contributed by atoms with van der Waals surface area (Å²) in [5.41, 5.74) is 1.39. The van der Waals surface area contributed by atoms with Gasteiger partial charge in [0.2, 0.25) is 5.91 Å². The van der Waals surface area contributed by atoms with Crippen LogP contribution in [0.3, 0.4) is 0 Å². The van der Waals surface area contributed by atoms with Gasteiger partial charge in [0, 0.05) is 27.8 Å². The van der Waals surface area contributed by atoms with Crippen molar-refractivity contribution in [3.63, 3.8) is 0 Å². The number of carbonyl (C=O) groups is 1. The van der Waals surface area contributed by atoms with Crippen LogP contribution in [0.5, 0.6) is 0 Å². The smallest absolute Gasteiger partial charge is 0.293 e. The van der Waals surface area contributed by atoms with Gasteiger partial charge < -0.3 is 9.73 Å². The Balaban J connectivity index is 1.74. The van der Waals surface area contributed by atoms with Crippen LogP contribution in [0.15, 0.2) is 59.0 Å². The summed E-state index contributed by atoms with van der Waals surface area (Å²) in [6, 6.07) is 13.0. The third kappa shape index (κ3) is 4.79. The molecule has 0 aliphatic heterocycles. The minimum atomic E-state index is -0.540. The normalized spacial score (nSPS) is 11.0. The maximum Gasteiger partial charge on any atom is 0.293 e. The van der Waals surface area contributed by atoms with Gasteiger partial charge in [-0.05, 0) is 55.0 Å². The fraction of sp³-hybridized carbons (Fsp3) is 0.0500. The topological polar surface area (TPSA) is 85.4 Å². The van der Waals surface area contributed by atoms with Gasteiger partial charge in [-0.15, -0.1) is 0 Å². The van der Waals surface area contributed by atoms with Gasteiger partial charge in [-0.2, -0.15) is 0 Å². The molecule has 0 spiro atoms. The van der Waals surface area contributed by atoms with E-state index in [1.165, 1.54) is 24.3 Å². The van der Waals surface area contributed by atoms with E-state index in [1.807, 2.05) is 0 Å². The molecule has 1 amide bonds. The summed E-state index contributed by atoms with van der Waals surface area (Å²) in [5.74, 6) is 0.453. The number of nitrogens with one attached hydrogen (secondary N) is 1. The molecule has 8 heteroatoms. The summed E-state index contributed by atoms with van der Waals surface area (Å²) in [4.78, 5) is 22.7. The molecule has 0 radical (unpaired) electrons. The summed E-state index contributed by atoms with van der Waals surface area (Å²) >= 11 is 12.0. The Bertz CT molecular complexity index is 1070. The number of carbonyl (C=O) groups excluding carboxylic acids is 1. The first kappa shape index (κ1) is 19.7. The molecule has 0 bridgehead atoms. The first-order chi connectivity index (χ1) is 13.3. The summed E-state index contributed by atoms with van der Waals surface area (Å²) in [7, 11) is 0. The van der Waals surface area contributed by atoms with Crippen molar-refractivity contribution in [2.45, 2.75) is 6.92 Å². The van der Waals surface area contributed by atoms with Crippen molar-refractivity contribution in [3.8, 4) is 11.3 Å². The third-order valence-corrected chi connectivity index (χ3v) is 4.22. The van der Waals surface area contributed by atoms with E-state index in [4.69, 9.17) is 27.6 Å². The van der Waals surface area contributed by atoms with Crippen LogP contribution >= 0.6 is 23.2 Å². The molecular weight excluding hydrogens is 403 g/mol. The van der Waals surface area contributed by atoms with Crippen LogP contribution in [0.25, 0.3) is 17.4 Å². The molecule has 0 saturated carbocycles. The highest BCUT2D eigenvalue weighted by Crippen LogP contribution is 2.29. The molecule has 0 unspecified atom stereocenters. The van der Waals surface area contributed by atoms with Crippen molar-refractivity contribution in [2.75, 3.05) is 5.32 Å². The fourth-order valence-electron chi connectivity index (χ4n) is 2.52. The number of hydrogen-bond acceptors (Lipinski definition) is 4. The zero-order chi connectivity index (χ0) is 20.3. The Labute approximate surface area is 170 Å². The van der Waals surface area contributed by atoms with Crippen LogP contribution in [0.1, 0.15) is 11.3 Å². The molecule has 0 saturated heterocycles. The highest BCUT2D eigenvalue weighted by Gasteiger charge is 2.15. The molecule has 2 aromatic carbocycles. The largest absolute Gasteiger partial charge is 0.457 e. The maximum absolute atomic E-state index is 12.1. The zero-order valence-corrected chi connectivity index (χ0v) is 16.1. The molecular formula is C20H14Cl2N2O4. The van der Waals surface area contributed by atoms with E-state index in [1.54, 1.807) is 43.3 Å². The molecule has 3 aromatic rings. The van der Waals surface area contributed by atoms with Crippen molar-refractivity contribution in [3.05, 3.63) is 86.1 Å². The number of nitro groups is 1. The molecule has 0 fully saturated rings. The first-order valence-electron chi connectivity index (χ1n) is 8.12. The van der Waals surface area contributed by atoms with Crippen molar-refractivity contribution in [1.82, 2.24) is 0 Å². The average Bonchev–Trinajstić information content (AvgIpc) is 3.09. The van der Waals surface area contributed by atoms with Crippen molar-refractivity contribution < 1.29 is 14.1 Å². The summed E-state index contributed by atoms with van der Waals surface area (Å²) in [6.45, 7) is 1.74. The molecule has 0 atom stereocenters. The lowest BCUT2D eigenvalue weighted by molar-refractivity contribution is -0.384. The number of halogens is 2. The van der Waals surface area contributed by atoms with Gasteiger partial charge in [-0.25, -0.2) is 0 Å². The average molecular weight is 417 g/mol. The number of amides is 1. The number of nitro benzene ring substituents is 1. The van der Waals surface area contributed by atoms with Gasteiger partial charge in [0.05, 0.1) is 4.92 Å². The molecule has 142 valence electrons. The Morgan fingerprint density at radius 3 is 2.50 bits per heavy atom. The van der Waals surface area contributed by atoms with E-state index < -0.39 is 10.8 Å². The lowest BCUT2D eigenvalue weighted by Crippen LogP contribution is -2.09. The van der Waals surface area contributed by atoms with Crippen LogP contribution in [-0.2, 0) is 4.79 Å². The van der Waals surface area contributed by atoms with Crippen LogP contribution < -0.4 is 5.32 Å². The summed E-state index contributed by atoms with van der Waals surface area (Å²) in [6.07, 6.45) is 2.70. The minimum absolute atomic E-state index is 0.124. The predicted octanol–water partition coefficient (Wildman–Crippen LogP) is 6.12. The maximum atomic E-state index is 12.1. The number of anilines is 1. The van der Waals surface area contributed by atoms with E-state index in [9.17, 15) is 14.9 Å². The minimum Gasteiger partial charge on any atom is -0.457 e. The molecule has 0 aliphatic carbocycles. The zero-order valence-electron chi connectivity index (χ0n) is 14.6. The van der Waals surface area contributed by atoms with Gasteiger partial charge >= 0.3 is 0 Å². The quantitative estimate of drug-likeness (QED) is 0.308. The Kier molecular flexibility index (Phi) is 5.82. The number of rotatable bonds is 5. The van der Waals surface area contributed by atoms with Gasteiger partial charge in [-0.3, -0.25) is 14.9 Å². The van der Waals surface area contributed by atoms with Gasteiger partial charge in [0.1, 0.15) is 17.2 Å². The third-order valence-electron chi connectivity index (χ3n) is 3.78. The van der Waals surface area contributed by atoms with Gasteiger partial charge in [-0.1, -0.05) is 29.3 Å². The highest BCUT2D eigenvalue weighted by molar-refractivity contribution is 6.35. The van der Waals surface area contributed by atoms with Crippen LogP contribution in [0.4, 0.5) is 11.4 Å². The van der Waals surface area contributed by atoms with E-state index in [0.717, 1.165) is 5.56 Å². The molecule has 1 aromatic heterocycles. The molecule has 28 heavy (non-hydrogen) atoms. The van der Waals surface area contributed by atoms with Crippen molar-refractivity contribution in [1.29, 1.82) is 0 Å². The summed E-state index contributed by atoms with van der Waals surface area (Å²) < 4.78 is 5.67. The predicted molar refractivity (Wildman–Crippen MR) is 110 cm³/mol. The van der Waals surface area contributed by atoms with Crippen LogP contribution in [0, 0.1) is 17.0 Å². The Hall–Kier alpha value is -3.09. The first-order valence-corrected chi connectivity index (χ1v) is 8.88. The molecule has 1 N–H and O–H groups in total. The molecule has 1 heterocycles. The second-order valence-electron chi connectivity index (χ2n) is 5.96. The molecule has 0 aliphatic rings. The van der Waals surface area contributed by atoms with Crippen molar-refractivity contribution >= 4 is 46.6 Å². The second kappa shape index (κ2) is 8.29. The Morgan fingerprint density at radius 2 is 1.82 bits per heavy atom. The standard InChI is InChI=1S/C20H14Cl2N2O4/c1-12-2-5-17(18(8-12)24(26)27)23-20(25)7-4-16-3-6-19(28-16)13-9-14(21)11-15(22)10-13/h2-11H,1H3,(H,23,25)/b7-4+. The van der Waals surface area contributed by atoms with Gasteiger partial charge in [0.25, 0.3) is 5.69 Å². The monoisotopic (exact) mass is 416 g/mol. The van der Waals surface area contributed by atoms with E-state index in [2.05, 4.69) is 5.32 Å². The second-order valence-corrected chi connectivity index (χ2v) is 6.83. The van der Waals surface area contributed by atoms with E-state index in [0.29, 0.717) is 27.1 Å². The molecule has 6 nitrogen and oxygen atoms in total. The number of benzene rings is 2. The highest BCUT2D eigenvalue weighted by atomic mass is 35.5. The van der Waals surface area contributed by atoms with Crippen molar-refractivity contribution in [2.24, 2.45) is 0 Å². The SMILES string of the molecule is Cc1ccc(NC(=O)/C=C/c2ccc(-c3cc(Cl)cc(Cl)c3)o2)c([N+](=O)[O-])c1. The number of hydrogen-bond donors (Lipinski definition) is 1. The number of nitrogens with zero attached hydrogens (tertiary/aromatic N) is 1. The Morgan fingerprint density at radius 1 is 1.11 bits per heavy atom. The summed E-state index contributed by atoms with van der Waals surface area (Å²) in [5, 5.41) is 14.6. The lowest BCUT2D eigenvalue weighted by atomic mass is 10.2. The molecule has 3 rings (SSSR count). The van der Waals surface area contributed by atoms with E-state index in [-0.39, 0.29) is 11.4 Å². The van der Waals surface area contributed by atoms with Gasteiger partial charge in [0.15, 0.2) is 0 Å². The fourth-order valence-corrected chi connectivity index (χ4v) is 3.05. The number of furan rings is 1. The van der Waals surface area contributed by atoms with E-state index >= 15 is 0 Å². The lowest BCUT2D eigenvalue weighted by Gasteiger charge is -2.04.